The van der Waals surface area contributed by atoms with Gasteiger partial charge in [-0.3, -0.25) is 4.79 Å². The smallest absolute Gasteiger partial charge is 0.266 e. The first-order chi connectivity index (χ1) is 10.1. The Morgan fingerprint density at radius 3 is 2.52 bits per heavy atom. The molecule has 2 N–H and O–H groups in total. The van der Waals surface area contributed by atoms with Gasteiger partial charge in [0.05, 0.1) is 5.69 Å². The van der Waals surface area contributed by atoms with Crippen LogP contribution in [0.15, 0.2) is 58.6 Å². The molecule has 0 aliphatic heterocycles. The Kier molecular flexibility index (Phi) is 4.75. The minimum Gasteiger partial charge on any atom is -0.507 e. The summed E-state index contributed by atoms with van der Waals surface area (Å²) in [5.74, 6) is -0.522. The van der Waals surface area contributed by atoms with Gasteiger partial charge in [-0.2, -0.15) is 5.26 Å². The number of phenolic OH excluding ortho intramolecular Hbond substituents is 1. The van der Waals surface area contributed by atoms with Gasteiger partial charge >= 0.3 is 0 Å². The van der Waals surface area contributed by atoms with E-state index >= 15 is 0 Å². The number of hydrogen-bond donors (Lipinski definition) is 2. The molecule has 0 aromatic heterocycles. The predicted molar refractivity (Wildman–Crippen MR) is 84.5 cm³/mol. The number of amides is 1. The van der Waals surface area contributed by atoms with E-state index in [1.807, 2.05) is 12.1 Å². The van der Waals surface area contributed by atoms with E-state index in [4.69, 9.17) is 5.26 Å². The fourth-order valence-corrected chi connectivity index (χ4v) is 2.05. The van der Waals surface area contributed by atoms with Crippen molar-refractivity contribution in [3.63, 3.8) is 0 Å². The average molecular weight is 343 g/mol. The molecule has 0 aliphatic rings. The maximum Gasteiger partial charge on any atom is 0.266 e. The molecule has 2 rings (SSSR count). The highest BCUT2D eigenvalue weighted by Gasteiger charge is 2.11. The van der Waals surface area contributed by atoms with Crippen LogP contribution in [0.25, 0.3) is 6.08 Å². The van der Waals surface area contributed by atoms with Crippen LogP contribution < -0.4 is 5.32 Å². The topological polar surface area (TPSA) is 73.1 Å². The Balaban J connectivity index is 2.26. The number of benzene rings is 2. The number of para-hydroxylation sites is 2. The van der Waals surface area contributed by atoms with E-state index in [2.05, 4.69) is 21.2 Å². The molecule has 0 atom stereocenters. The van der Waals surface area contributed by atoms with Crippen LogP contribution in [-0.2, 0) is 4.79 Å². The Morgan fingerprint density at radius 1 is 1.19 bits per heavy atom. The second-order valence-electron chi connectivity index (χ2n) is 4.16. The molecule has 104 valence electrons. The molecular weight excluding hydrogens is 332 g/mol. The van der Waals surface area contributed by atoms with Crippen molar-refractivity contribution in [3.8, 4) is 11.8 Å². The van der Waals surface area contributed by atoms with Gasteiger partial charge in [-0.1, -0.05) is 30.3 Å². The number of nitrogens with one attached hydrogen (secondary N) is 1. The Hall–Kier alpha value is -2.58. The van der Waals surface area contributed by atoms with E-state index < -0.39 is 5.91 Å². The summed E-state index contributed by atoms with van der Waals surface area (Å²) in [5, 5.41) is 21.4. The van der Waals surface area contributed by atoms with Gasteiger partial charge in [-0.25, -0.2) is 0 Å². The molecule has 0 unspecified atom stereocenters. The largest absolute Gasteiger partial charge is 0.507 e. The summed E-state index contributed by atoms with van der Waals surface area (Å²) in [6, 6.07) is 15.4. The van der Waals surface area contributed by atoms with E-state index in [1.165, 1.54) is 12.1 Å². The number of nitrogens with zero attached hydrogens (tertiary/aromatic N) is 1. The number of carbonyl (C=O) groups is 1. The molecule has 0 saturated heterocycles. The zero-order valence-corrected chi connectivity index (χ0v) is 12.5. The third kappa shape index (κ3) is 3.71. The molecule has 2 aromatic carbocycles. The van der Waals surface area contributed by atoms with Gasteiger partial charge in [0.2, 0.25) is 0 Å². The van der Waals surface area contributed by atoms with E-state index in [0.29, 0.717) is 11.3 Å². The summed E-state index contributed by atoms with van der Waals surface area (Å²) in [6.45, 7) is 0. The maximum atomic E-state index is 12.1. The summed E-state index contributed by atoms with van der Waals surface area (Å²) in [7, 11) is 0. The van der Waals surface area contributed by atoms with Gasteiger partial charge < -0.3 is 10.4 Å². The van der Waals surface area contributed by atoms with Gasteiger partial charge in [0.1, 0.15) is 17.4 Å². The molecule has 21 heavy (non-hydrogen) atoms. The lowest BCUT2D eigenvalue weighted by Crippen LogP contribution is -2.13. The minimum atomic E-state index is -0.535. The Labute approximate surface area is 130 Å². The number of rotatable bonds is 3. The van der Waals surface area contributed by atoms with E-state index in [9.17, 15) is 9.90 Å². The van der Waals surface area contributed by atoms with Crippen LogP contribution in [0.4, 0.5) is 5.69 Å². The van der Waals surface area contributed by atoms with Crippen LogP contribution in [0.5, 0.6) is 5.75 Å². The lowest BCUT2D eigenvalue weighted by Gasteiger charge is -2.06. The fourth-order valence-electron chi connectivity index (χ4n) is 1.67. The lowest BCUT2D eigenvalue weighted by molar-refractivity contribution is -0.112. The molecule has 0 aliphatic carbocycles. The Bertz CT molecular complexity index is 748. The summed E-state index contributed by atoms with van der Waals surface area (Å²) >= 11 is 3.32. The van der Waals surface area contributed by atoms with Crippen molar-refractivity contribution < 1.29 is 9.90 Å². The molecule has 0 saturated carbocycles. The number of halogens is 1. The quantitative estimate of drug-likeness (QED) is 0.659. The summed E-state index contributed by atoms with van der Waals surface area (Å²) in [6.07, 6.45) is 1.35. The first kappa shape index (κ1) is 14.8. The first-order valence-corrected chi connectivity index (χ1v) is 6.87. The highest BCUT2D eigenvalue weighted by molar-refractivity contribution is 9.10. The second kappa shape index (κ2) is 6.73. The van der Waals surface area contributed by atoms with Crippen molar-refractivity contribution in [1.29, 1.82) is 5.26 Å². The third-order valence-electron chi connectivity index (χ3n) is 2.72. The summed E-state index contributed by atoms with van der Waals surface area (Å²) in [4.78, 5) is 12.1. The van der Waals surface area contributed by atoms with Gasteiger partial charge in [0.15, 0.2) is 0 Å². The number of anilines is 1. The molecule has 1 amide bonds. The number of aromatic hydroxyl groups is 1. The van der Waals surface area contributed by atoms with Crippen LogP contribution in [0.1, 0.15) is 5.56 Å². The Morgan fingerprint density at radius 2 is 1.86 bits per heavy atom. The number of phenols is 1. The zero-order chi connectivity index (χ0) is 15.2. The molecule has 0 fully saturated rings. The number of hydrogen-bond acceptors (Lipinski definition) is 3. The van der Waals surface area contributed by atoms with Crippen LogP contribution in [0.3, 0.4) is 0 Å². The molecule has 0 heterocycles. The molecule has 5 heteroatoms. The monoisotopic (exact) mass is 342 g/mol. The van der Waals surface area contributed by atoms with Crippen LogP contribution in [0, 0.1) is 11.3 Å². The molecule has 0 spiro atoms. The van der Waals surface area contributed by atoms with Gasteiger partial charge in [-0.05, 0) is 40.2 Å². The molecule has 0 bridgehead atoms. The molecule has 4 nitrogen and oxygen atoms in total. The van der Waals surface area contributed by atoms with Crippen molar-refractivity contribution in [1.82, 2.24) is 0 Å². The lowest BCUT2D eigenvalue weighted by atomic mass is 10.1. The van der Waals surface area contributed by atoms with Crippen molar-refractivity contribution in [2.75, 3.05) is 5.32 Å². The minimum absolute atomic E-state index is 0.0129. The second-order valence-corrected chi connectivity index (χ2v) is 5.02. The standard InChI is InChI=1S/C16H11BrN2O2/c17-13-6-2-3-7-14(13)19-16(21)12(10-18)9-11-5-1-4-8-15(11)20/h1-9,20H,(H,19,21). The summed E-state index contributed by atoms with van der Waals surface area (Å²) < 4.78 is 0.721. The number of carbonyl (C=O) groups excluding carboxylic acids is 1. The van der Waals surface area contributed by atoms with Crippen molar-refractivity contribution in [3.05, 3.63) is 64.1 Å². The molecule has 2 aromatic rings. The highest BCUT2D eigenvalue weighted by Crippen LogP contribution is 2.23. The number of nitriles is 1. The van der Waals surface area contributed by atoms with Crippen LogP contribution in [-0.4, -0.2) is 11.0 Å². The van der Waals surface area contributed by atoms with Gasteiger partial charge in [-0.15, -0.1) is 0 Å². The zero-order valence-electron chi connectivity index (χ0n) is 10.9. The summed E-state index contributed by atoms with van der Waals surface area (Å²) in [5.41, 5.74) is 0.893. The van der Waals surface area contributed by atoms with Gasteiger partial charge in [0, 0.05) is 10.0 Å². The molecule has 0 radical (unpaired) electrons. The highest BCUT2D eigenvalue weighted by atomic mass is 79.9. The SMILES string of the molecule is N#CC(=Cc1ccccc1O)C(=O)Nc1ccccc1Br. The van der Waals surface area contributed by atoms with E-state index in [1.54, 1.807) is 36.4 Å². The van der Waals surface area contributed by atoms with Crippen molar-refractivity contribution in [2.24, 2.45) is 0 Å². The average Bonchev–Trinajstić information content (AvgIpc) is 2.48. The first-order valence-electron chi connectivity index (χ1n) is 6.07. The fraction of sp³-hybridized carbons (Fsp3) is 0. The van der Waals surface area contributed by atoms with Crippen molar-refractivity contribution in [2.45, 2.75) is 0 Å². The predicted octanol–water partition coefficient (Wildman–Crippen LogP) is 3.70. The normalized spacial score (nSPS) is 10.8. The van der Waals surface area contributed by atoms with Gasteiger partial charge in [0.25, 0.3) is 5.91 Å². The van der Waals surface area contributed by atoms with E-state index in [-0.39, 0.29) is 11.3 Å². The third-order valence-corrected chi connectivity index (χ3v) is 3.42. The van der Waals surface area contributed by atoms with Crippen molar-refractivity contribution >= 4 is 33.6 Å². The van der Waals surface area contributed by atoms with Crippen LogP contribution >= 0.6 is 15.9 Å². The van der Waals surface area contributed by atoms with Crippen LogP contribution in [0.2, 0.25) is 0 Å². The maximum absolute atomic E-state index is 12.1. The van der Waals surface area contributed by atoms with E-state index in [0.717, 1.165) is 4.47 Å². The molecular formula is C16H11BrN2O2.